The molecule has 0 spiro atoms. The minimum Gasteiger partial charge on any atom is -0.466 e. The van der Waals surface area contributed by atoms with Crippen LogP contribution in [0.1, 0.15) is 53.4 Å². The van der Waals surface area contributed by atoms with Crippen LogP contribution in [0.4, 0.5) is 0 Å². The predicted octanol–water partition coefficient (Wildman–Crippen LogP) is 2.76. The molecule has 1 aliphatic rings. The number of nitrogens with one attached hydrogen (secondary N) is 1. The van der Waals surface area contributed by atoms with Crippen molar-refractivity contribution in [1.82, 2.24) is 5.32 Å². The molecule has 0 saturated carbocycles. The second-order valence-electron chi connectivity index (χ2n) is 4.98. The highest BCUT2D eigenvalue weighted by Gasteiger charge is 2.30. The molecule has 1 unspecified atom stereocenters. The molecule has 116 valence electrons. The van der Waals surface area contributed by atoms with Crippen LogP contribution in [0.5, 0.6) is 0 Å². The zero-order valence-corrected chi connectivity index (χ0v) is 13.3. The quantitative estimate of drug-likeness (QED) is 0.578. The highest BCUT2D eigenvalue weighted by atomic mass is 16.5. The number of rotatable bonds is 7. The van der Waals surface area contributed by atoms with Crippen LogP contribution in [0, 0.1) is 5.92 Å². The molecule has 5 heteroatoms. The van der Waals surface area contributed by atoms with Gasteiger partial charge in [0.2, 0.25) is 0 Å². The van der Waals surface area contributed by atoms with Gasteiger partial charge in [-0.25, -0.2) is 9.79 Å². The summed E-state index contributed by atoms with van der Waals surface area (Å²) in [6.07, 6.45) is 3.38. The Morgan fingerprint density at radius 3 is 2.62 bits per heavy atom. The summed E-state index contributed by atoms with van der Waals surface area (Å²) in [5.74, 6) is 1.87. The van der Waals surface area contributed by atoms with Crippen molar-refractivity contribution in [2.75, 3.05) is 6.61 Å². The average Bonchev–Trinajstić information content (AvgIpc) is 2.47. The molecule has 0 radical (unpaired) electrons. The highest BCUT2D eigenvalue weighted by molar-refractivity contribution is 5.91. The molecule has 0 aromatic heterocycles. The number of esters is 1. The maximum Gasteiger partial charge on any atom is 0.313 e. The van der Waals surface area contributed by atoms with Crippen LogP contribution in [-0.2, 0) is 14.3 Å². The van der Waals surface area contributed by atoms with Gasteiger partial charge in [0.25, 0.3) is 0 Å². The van der Waals surface area contributed by atoms with Crippen LogP contribution in [0.25, 0.3) is 0 Å². The fraction of sp³-hybridized carbons (Fsp3) is 0.625. The fourth-order valence-corrected chi connectivity index (χ4v) is 2.38. The molecule has 0 aliphatic carbocycles. The minimum atomic E-state index is -0.481. The Morgan fingerprint density at radius 1 is 1.38 bits per heavy atom. The van der Waals surface area contributed by atoms with E-state index in [-0.39, 0.29) is 5.97 Å². The van der Waals surface area contributed by atoms with E-state index in [9.17, 15) is 9.59 Å². The van der Waals surface area contributed by atoms with Crippen molar-refractivity contribution in [2.45, 2.75) is 53.4 Å². The van der Waals surface area contributed by atoms with E-state index in [1.165, 1.54) is 0 Å². The Bertz CT molecular complexity index is 500. The topological polar surface area (TPSA) is 67.8 Å². The standard InChI is InChI=1S/C16H24N2O3/c1-5-8-9-14-17-11(4)15(13(10-19)18-14)12(6-2)16(20)21-7-3/h12H,5-9H2,1-4H3,(H,17,18). The van der Waals surface area contributed by atoms with E-state index in [1.54, 1.807) is 6.92 Å². The van der Waals surface area contributed by atoms with Crippen molar-refractivity contribution in [2.24, 2.45) is 10.9 Å². The first-order valence-electron chi connectivity index (χ1n) is 7.56. The van der Waals surface area contributed by atoms with Gasteiger partial charge in [-0.2, -0.15) is 0 Å². The molecule has 5 nitrogen and oxygen atoms in total. The van der Waals surface area contributed by atoms with Gasteiger partial charge in [-0.3, -0.25) is 4.79 Å². The molecule has 0 bridgehead atoms. The van der Waals surface area contributed by atoms with E-state index in [4.69, 9.17) is 4.74 Å². The van der Waals surface area contributed by atoms with Crippen LogP contribution < -0.4 is 5.32 Å². The summed E-state index contributed by atoms with van der Waals surface area (Å²) in [4.78, 5) is 27.8. The van der Waals surface area contributed by atoms with Crippen LogP contribution in [0.15, 0.2) is 22.0 Å². The normalized spacial score (nSPS) is 16.0. The number of amidine groups is 1. The number of carbonyl (C=O) groups is 1. The second kappa shape index (κ2) is 8.42. The average molecular weight is 292 g/mol. The van der Waals surface area contributed by atoms with Crippen LogP contribution in [0.3, 0.4) is 0 Å². The van der Waals surface area contributed by atoms with Crippen LogP contribution in [-0.4, -0.2) is 24.4 Å². The predicted molar refractivity (Wildman–Crippen MR) is 82.4 cm³/mol. The molecule has 0 fully saturated rings. The molecule has 0 aromatic rings. The monoisotopic (exact) mass is 292 g/mol. The smallest absolute Gasteiger partial charge is 0.313 e. The summed E-state index contributed by atoms with van der Waals surface area (Å²) in [6, 6.07) is 0. The van der Waals surface area contributed by atoms with E-state index in [2.05, 4.69) is 17.2 Å². The lowest BCUT2D eigenvalue weighted by atomic mass is 9.91. The maximum absolute atomic E-state index is 12.1. The highest BCUT2D eigenvalue weighted by Crippen LogP contribution is 2.28. The lowest BCUT2D eigenvalue weighted by Crippen LogP contribution is -2.33. The Balaban J connectivity index is 3.13. The van der Waals surface area contributed by atoms with Gasteiger partial charge in [-0.1, -0.05) is 20.3 Å². The zero-order valence-electron chi connectivity index (χ0n) is 13.3. The van der Waals surface area contributed by atoms with E-state index >= 15 is 0 Å². The van der Waals surface area contributed by atoms with Crippen molar-refractivity contribution >= 4 is 17.7 Å². The Kier molecular flexibility index (Phi) is 6.89. The molecule has 1 N–H and O–H groups in total. The largest absolute Gasteiger partial charge is 0.466 e. The number of allylic oxidation sites excluding steroid dienone is 2. The molecular weight excluding hydrogens is 268 g/mol. The Morgan fingerprint density at radius 2 is 2.10 bits per heavy atom. The van der Waals surface area contributed by atoms with Gasteiger partial charge in [-0.05, 0) is 26.7 Å². The number of hydrogen-bond acceptors (Lipinski definition) is 5. The summed E-state index contributed by atoms with van der Waals surface area (Å²) in [7, 11) is 0. The van der Waals surface area contributed by atoms with Gasteiger partial charge in [0, 0.05) is 17.7 Å². The summed E-state index contributed by atoms with van der Waals surface area (Å²) in [6.45, 7) is 7.90. The summed E-state index contributed by atoms with van der Waals surface area (Å²) in [5, 5.41) is 3.01. The van der Waals surface area contributed by atoms with Crippen LogP contribution in [0.2, 0.25) is 0 Å². The molecule has 1 heterocycles. The molecule has 0 aromatic carbocycles. The van der Waals surface area contributed by atoms with Gasteiger partial charge in [0.15, 0.2) is 5.94 Å². The van der Waals surface area contributed by atoms with Gasteiger partial charge in [-0.15, -0.1) is 0 Å². The molecule has 1 rings (SSSR count). The lowest BCUT2D eigenvalue weighted by molar-refractivity contribution is -0.146. The van der Waals surface area contributed by atoms with Crippen molar-refractivity contribution in [3.05, 3.63) is 17.0 Å². The lowest BCUT2D eigenvalue weighted by Gasteiger charge is -2.24. The number of ether oxygens (including phenoxy) is 1. The minimum absolute atomic E-state index is 0.313. The number of carbonyl (C=O) groups excluding carboxylic acids is 2. The third-order valence-corrected chi connectivity index (χ3v) is 3.43. The molecule has 0 amide bonds. The van der Waals surface area contributed by atoms with E-state index in [0.717, 1.165) is 25.1 Å². The molecule has 1 atom stereocenters. The van der Waals surface area contributed by atoms with Crippen molar-refractivity contribution in [1.29, 1.82) is 0 Å². The van der Waals surface area contributed by atoms with Gasteiger partial charge in [0.1, 0.15) is 11.5 Å². The number of aliphatic imine (C=N–C) groups is 1. The summed E-state index contributed by atoms with van der Waals surface area (Å²) in [5.41, 5.74) is 1.61. The first-order chi connectivity index (χ1) is 10.1. The fourth-order valence-electron chi connectivity index (χ4n) is 2.38. The van der Waals surface area contributed by atoms with Crippen LogP contribution >= 0.6 is 0 Å². The van der Waals surface area contributed by atoms with Crippen molar-refractivity contribution in [3.63, 3.8) is 0 Å². The molecular formula is C16H24N2O3. The van der Waals surface area contributed by atoms with Gasteiger partial charge in [0.05, 0.1) is 12.5 Å². The SMILES string of the molecule is CCCCC1=NC(C)=C(C(CC)C(=O)OCC)C(=C=O)N1. The van der Waals surface area contributed by atoms with E-state index in [1.807, 2.05) is 19.8 Å². The van der Waals surface area contributed by atoms with E-state index in [0.29, 0.717) is 30.0 Å². The zero-order chi connectivity index (χ0) is 15.8. The second-order valence-corrected chi connectivity index (χ2v) is 4.98. The number of hydrogen-bond donors (Lipinski definition) is 1. The molecule has 21 heavy (non-hydrogen) atoms. The first kappa shape index (κ1) is 17.2. The first-order valence-corrected chi connectivity index (χ1v) is 7.56. The van der Waals surface area contributed by atoms with Gasteiger partial charge >= 0.3 is 5.97 Å². The van der Waals surface area contributed by atoms with Crippen molar-refractivity contribution in [3.8, 4) is 0 Å². The summed E-state index contributed by atoms with van der Waals surface area (Å²) < 4.78 is 5.09. The summed E-state index contributed by atoms with van der Waals surface area (Å²) >= 11 is 0. The third-order valence-electron chi connectivity index (χ3n) is 3.43. The number of nitrogens with zero attached hydrogens (tertiary/aromatic N) is 1. The number of unbranched alkanes of at least 4 members (excludes halogenated alkanes) is 1. The maximum atomic E-state index is 12.1. The van der Waals surface area contributed by atoms with Gasteiger partial charge < -0.3 is 10.1 Å². The molecule has 1 aliphatic heterocycles. The molecule has 0 saturated heterocycles. The van der Waals surface area contributed by atoms with Crippen molar-refractivity contribution < 1.29 is 14.3 Å². The third kappa shape index (κ3) is 4.30. The Hall–Kier alpha value is -1.87. The van der Waals surface area contributed by atoms with E-state index < -0.39 is 5.92 Å². The Labute approximate surface area is 126 Å².